The molecule has 118 heavy (non-hydrogen) atoms. The van der Waals surface area contributed by atoms with E-state index in [4.69, 9.17) is 0 Å². The van der Waals surface area contributed by atoms with Gasteiger partial charge in [-0.2, -0.15) is 0 Å². The van der Waals surface area contributed by atoms with Gasteiger partial charge in [0.25, 0.3) is 6.71 Å². The van der Waals surface area contributed by atoms with Crippen LogP contribution in [0.2, 0.25) is 0 Å². The summed E-state index contributed by atoms with van der Waals surface area (Å²) in [6, 6.07) is 172. The summed E-state index contributed by atoms with van der Waals surface area (Å²) in [5.74, 6) is 0. The first-order valence-electron chi connectivity index (χ1n) is 40.8. The molecule has 0 unspecified atom stereocenters. The maximum absolute atomic E-state index is 2.63. The number of rotatable bonds is 15. The van der Waals surface area contributed by atoms with E-state index in [1.165, 1.54) is 71.7 Å². The van der Waals surface area contributed by atoms with Crippen LogP contribution < -0.4 is 26.2 Å². The SMILES string of the molecule is c1ccc(-c2ccc(-c3ccc(-c4ccc5c(c4)B4c6cc(-c7ccc(-c8ccc(-c9ccccc9)cc8)cc7)ccc6N(c6cc(-c7ccccc7)cc(-c7ccccc7)c6)c6cc(-n7c8cc(-c9ccccc9)ccc8c8ccc(-c9ccccc9)cc87)cc(c64)N5c4cc(-c5ccccc5)cc(-c5ccccc5)c4)cc3)cc2)cc1. The monoisotopic (exact) mass is 1500 g/mol. The zero-order chi connectivity index (χ0) is 78.0. The number of fused-ring (bicyclic) bond motifs is 7. The second-order valence-corrected chi connectivity index (χ2v) is 31.1. The summed E-state index contributed by atoms with van der Waals surface area (Å²) in [5.41, 5.74) is 41.1. The zero-order valence-electron chi connectivity index (χ0n) is 64.8. The lowest BCUT2D eigenvalue weighted by Gasteiger charge is -2.45. The van der Waals surface area contributed by atoms with Crippen molar-refractivity contribution in [2.45, 2.75) is 0 Å². The third-order valence-corrected chi connectivity index (χ3v) is 24.2. The largest absolute Gasteiger partial charge is 0.311 e. The lowest BCUT2D eigenvalue weighted by molar-refractivity contribution is 1.16. The van der Waals surface area contributed by atoms with Gasteiger partial charge in [0.2, 0.25) is 0 Å². The average Bonchev–Trinajstić information content (AvgIpc) is 0.725. The van der Waals surface area contributed by atoms with E-state index in [0.29, 0.717) is 0 Å². The van der Waals surface area contributed by atoms with E-state index >= 15 is 0 Å². The Morgan fingerprint density at radius 3 is 0.627 bits per heavy atom. The van der Waals surface area contributed by atoms with Crippen LogP contribution in [0, 0.1) is 0 Å². The minimum Gasteiger partial charge on any atom is -0.311 e. The fraction of sp³-hybridized carbons (Fsp3) is 0. The summed E-state index contributed by atoms with van der Waals surface area (Å²) >= 11 is 0. The van der Waals surface area contributed by atoms with Crippen LogP contribution in [0.4, 0.5) is 34.1 Å². The van der Waals surface area contributed by atoms with E-state index in [0.717, 1.165) is 140 Å². The molecule has 3 heterocycles. The standard InChI is InChI=1S/C114H76BN3/c1-9-25-77(26-10-1)85-41-45-87(46-42-85)89-49-53-91(54-50-89)93-59-63-108-106(71-93)115-107-72-94(92-55-51-90(52-56-92)88-47-43-86(44-48-88)78-27-11-2-12-28-78)60-64-109(107)117(102-69-99(83-37-21-7-22-38-83)66-100(70-102)84-39-23-8-24-40-84)113-76-103(75-112(114(113)115)116(108)101-67-97(81-33-17-5-18-34-81)65-98(68-101)82-35-19-6-20-36-82)118-110-73-95(79-29-13-3-14-30-79)57-61-104(110)105-62-58-96(74-111(105)118)80-31-15-4-16-32-80/h1-76H. The quantitative estimate of drug-likeness (QED) is 0.0948. The van der Waals surface area contributed by atoms with Crippen molar-refractivity contribution in [3.05, 3.63) is 461 Å². The summed E-state index contributed by atoms with van der Waals surface area (Å²) in [7, 11) is 0. The smallest absolute Gasteiger partial charge is 0.252 e. The molecule has 0 saturated heterocycles. The molecule has 4 heteroatoms. The van der Waals surface area contributed by atoms with E-state index < -0.39 is 0 Å². The van der Waals surface area contributed by atoms with E-state index in [2.05, 4.69) is 475 Å². The molecule has 0 N–H and O–H groups in total. The molecular formula is C114H76BN3. The Labute approximate surface area is 689 Å². The molecule has 2 aliphatic rings. The number of benzene rings is 19. The first kappa shape index (κ1) is 69.4. The van der Waals surface area contributed by atoms with Crippen molar-refractivity contribution in [3.8, 4) is 139 Å². The van der Waals surface area contributed by atoms with Crippen molar-refractivity contribution < 1.29 is 0 Å². The summed E-state index contributed by atoms with van der Waals surface area (Å²) in [5, 5.41) is 2.36. The van der Waals surface area contributed by atoms with Crippen molar-refractivity contribution in [1.82, 2.24) is 4.57 Å². The number of nitrogens with zero attached hydrogens (tertiary/aromatic N) is 3. The molecule has 19 aromatic carbocycles. The second-order valence-electron chi connectivity index (χ2n) is 31.1. The topological polar surface area (TPSA) is 11.4 Å². The molecular weight excluding hydrogens is 1420 g/mol. The van der Waals surface area contributed by atoms with Crippen molar-refractivity contribution >= 4 is 79.0 Å². The minimum atomic E-state index is -0.300. The Kier molecular flexibility index (Phi) is 17.4. The van der Waals surface area contributed by atoms with Crippen LogP contribution in [0.5, 0.6) is 0 Å². The van der Waals surface area contributed by atoms with Gasteiger partial charge < -0.3 is 14.4 Å². The van der Waals surface area contributed by atoms with Gasteiger partial charge in [-0.1, -0.05) is 388 Å². The van der Waals surface area contributed by atoms with Gasteiger partial charge in [0.1, 0.15) is 0 Å². The Balaban J connectivity index is 0.834. The van der Waals surface area contributed by atoms with Gasteiger partial charge in [-0.3, -0.25) is 0 Å². The third-order valence-electron chi connectivity index (χ3n) is 24.2. The molecule has 0 spiro atoms. The van der Waals surface area contributed by atoms with Gasteiger partial charge >= 0.3 is 0 Å². The molecule has 22 rings (SSSR count). The molecule has 3 nitrogen and oxygen atoms in total. The molecule has 0 fully saturated rings. The molecule has 0 aliphatic carbocycles. The number of hydrogen-bond acceptors (Lipinski definition) is 2. The highest BCUT2D eigenvalue weighted by Crippen LogP contribution is 2.51. The van der Waals surface area contributed by atoms with Gasteiger partial charge in [0, 0.05) is 44.9 Å². The normalized spacial score (nSPS) is 12.0. The van der Waals surface area contributed by atoms with Crippen molar-refractivity contribution in [2.24, 2.45) is 0 Å². The van der Waals surface area contributed by atoms with Crippen LogP contribution in [0.3, 0.4) is 0 Å². The maximum atomic E-state index is 2.63. The van der Waals surface area contributed by atoms with Crippen LogP contribution in [0.1, 0.15) is 0 Å². The van der Waals surface area contributed by atoms with Gasteiger partial charge in [-0.05, 0) is 223 Å². The first-order chi connectivity index (χ1) is 58.5. The van der Waals surface area contributed by atoms with E-state index in [1.54, 1.807) is 0 Å². The lowest BCUT2D eigenvalue weighted by atomic mass is 9.33. The molecule has 20 aromatic rings. The van der Waals surface area contributed by atoms with E-state index in [-0.39, 0.29) is 6.71 Å². The highest BCUT2D eigenvalue weighted by Gasteiger charge is 2.45. The van der Waals surface area contributed by atoms with Crippen molar-refractivity contribution in [3.63, 3.8) is 0 Å². The molecule has 0 radical (unpaired) electrons. The number of anilines is 6. The lowest BCUT2D eigenvalue weighted by Crippen LogP contribution is -2.61. The third kappa shape index (κ3) is 12.7. The van der Waals surface area contributed by atoms with E-state index in [9.17, 15) is 0 Å². The molecule has 550 valence electrons. The highest BCUT2D eigenvalue weighted by atomic mass is 15.2. The van der Waals surface area contributed by atoms with Crippen molar-refractivity contribution in [1.29, 1.82) is 0 Å². The Bertz CT molecular complexity index is 6600. The highest BCUT2D eigenvalue weighted by molar-refractivity contribution is 7.00. The predicted molar refractivity (Wildman–Crippen MR) is 500 cm³/mol. The summed E-state index contributed by atoms with van der Waals surface area (Å²) in [6.07, 6.45) is 0. The fourth-order valence-corrected chi connectivity index (χ4v) is 18.3. The Hall–Kier alpha value is -15.4. The van der Waals surface area contributed by atoms with Crippen molar-refractivity contribution in [2.75, 3.05) is 9.80 Å². The van der Waals surface area contributed by atoms with Gasteiger partial charge in [0.15, 0.2) is 0 Å². The molecule has 1 aromatic heterocycles. The molecule has 0 amide bonds. The fourth-order valence-electron chi connectivity index (χ4n) is 18.3. The van der Waals surface area contributed by atoms with Crippen LogP contribution in [0.25, 0.3) is 161 Å². The molecule has 0 saturated carbocycles. The van der Waals surface area contributed by atoms with Crippen LogP contribution in [-0.4, -0.2) is 11.3 Å². The maximum Gasteiger partial charge on any atom is 0.252 e. The summed E-state index contributed by atoms with van der Waals surface area (Å²) in [4.78, 5) is 5.26. The Morgan fingerprint density at radius 2 is 0.356 bits per heavy atom. The van der Waals surface area contributed by atoms with Gasteiger partial charge in [0.05, 0.1) is 16.7 Å². The average molecular weight is 1500 g/mol. The summed E-state index contributed by atoms with van der Waals surface area (Å²) in [6.45, 7) is -0.300. The summed E-state index contributed by atoms with van der Waals surface area (Å²) < 4.78 is 2.58. The number of hydrogen-bond donors (Lipinski definition) is 0. The van der Waals surface area contributed by atoms with Gasteiger partial charge in [-0.25, -0.2) is 0 Å². The minimum absolute atomic E-state index is 0.300. The zero-order valence-corrected chi connectivity index (χ0v) is 64.8. The number of aromatic nitrogens is 1. The van der Waals surface area contributed by atoms with Crippen LogP contribution in [0.15, 0.2) is 461 Å². The molecule has 0 bridgehead atoms. The molecule has 2 aliphatic heterocycles. The predicted octanol–water partition coefficient (Wildman–Crippen LogP) is 28.9. The second kappa shape index (κ2) is 29.6. The van der Waals surface area contributed by atoms with E-state index in [1.807, 2.05) is 0 Å². The first-order valence-corrected chi connectivity index (χ1v) is 40.8. The van der Waals surface area contributed by atoms with Gasteiger partial charge in [-0.15, -0.1) is 0 Å². The van der Waals surface area contributed by atoms with Crippen LogP contribution >= 0.6 is 0 Å². The Morgan fingerprint density at radius 1 is 0.144 bits per heavy atom. The molecule has 0 atom stereocenters. The van der Waals surface area contributed by atoms with Crippen LogP contribution in [-0.2, 0) is 0 Å².